The number of hydrogen-bond acceptors (Lipinski definition) is 2. The Morgan fingerprint density at radius 1 is 1.47 bits per heavy atom. The van der Waals surface area contributed by atoms with E-state index < -0.39 is 5.97 Å². The lowest BCUT2D eigenvalue weighted by atomic mass is 10.1. The number of anilines is 1. The third-order valence-electron chi connectivity index (χ3n) is 2.54. The van der Waals surface area contributed by atoms with Crippen molar-refractivity contribution in [1.82, 2.24) is 0 Å². The fourth-order valence-corrected chi connectivity index (χ4v) is 1.57. The van der Waals surface area contributed by atoms with E-state index in [9.17, 15) is 4.79 Å². The molecular formula is C14H17NO2. The van der Waals surface area contributed by atoms with Gasteiger partial charge in [0.2, 0.25) is 0 Å². The summed E-state index contributed by atoms with van der Waals surface area (Å²) in [5.41, 5.74) is 2.25. The van der Waals surface area contributed by atoms with Crippen LogP contribution < -0.4 is 5.32 Å². The molecule has 3 heteroatoms. The number of benzene rings is 1. The van der Waals surface area contributed by atoms with E-state index in [1.165, 1.54) is 0 Å². The lowest BCUT2D eigenvalue weighted by Crippen LogP contribution is -2.04. The number of unbranched alkanes of at least 4 members (excludes halogenated alkanes) is 2. The first-order valence-corrected chi connectivity index (χ1v) is 5.66. The monoisotopic (exact) mass is 231 g/mol. The van der Waals surface area contributed by atoms with Crippen molar-refractivity contribution in [2.24, 2.45) is 0 Å². The fourth-order valence-electron chi connectivity index (χ4n) is 1.57. The summed E-state index contributed by atoms with van der Waals surface area (Å²) in [6.07, 6.45) is 8.00. The maximum absolute atomic E-state index is 10.8. The van der Waals surface area contributed by atoms with E-state index in [2.05, 4.69) is 11.2 Å². The van der Waals surface area contributed by atoms with Crippen molar-refractivity contribution in [2.45, 2.75) is 26.2 Å². The molecule has 1 aromatic carbocycles. The zero-order chi connectivity index (χ0) is 12.7. The molecule has 0 aliphatic heterocycles. The summed E-state index contributed by atoms with van der Waals surface area (Å²) in [6.45, 7) is 2.76. The summed E-state index contributed by atoms with van der Waals surface area (Å²) in [5.74, 6) is 1.71. The maximum Gasteiger partial charge on any atom is 0.335 e. The first-order valence-electron chi connectivity index (χ1n) is 5.66. The molecule has 0 unspecified atom stereocenters. The summed E-state index contributed by atoms with van der Waals surface area (Å²) in [7, 11) is 0. The van der Waals surface area contributed by atoms with Gasteiger partial charge in [0.15, 0.2) is 0 Å². The average Bonchev–Trinajstić information content (AvgIpc) is 2.30. The van der Waals surface area contributed by atoms with Crippen LogP contribution in [0.1, 0.15) is 35.2 Å². The molecule has 0 aliphatic carbocycles. The Balaban J connectivity index is 2.50. The zero-order valence-electron chi connectivity index (χ0n) is 9.99. The molecule has 0 saturated heterocycles. The minimum atomic E-state index is -0.895. The number of aromatic carboxylic acids is 1. The Morgan fingerprint density at radius 2 is 2.24 bits per heavy atom. The SMILES string of the molecule is C#CCCCCNc1ccc(C(=O)O)cc1C. The van der Waals surface area contributed by atoms with Crippen LogP contribution in [0.5, 0.6) is 0 Å². The standard InChI is InChI=1S/C14H17NO2/c1-3-4-5-6-9-15-13-8-7-12(14(16)17)10-11(13)2/h1,7-8,10,15H,4-6,9H2,2H3,(H,16,17). The molecule has 1 aromatic rings. The second-order valence-corrected chi connectivity index (χ2v) is 3.92. The third-order valence-corrected chi connectivity index (χ3v) is 2.54. The van der Waals surface area contributed by atoms with E-state index in [1.807, 2.05) is 6.92 Å². The number of nitrogens with one attached hydrogen (secondary N) is 1. The maximum atomic E-state index is 10.8. The lowest BCUT2D eigenvalue weighted by molar-refractivity contribution is 0.0697. The van der Waals surface area contributed by atoms with E-state index in [4.69, 9.17) is 11.5 Å². The summed E-state index contributed by atoms with van der Waals surface area (Å²) in [4.78, 5) is 10.8. The average molecular weight is 231 g/mol. The van der Waals surface area contributed by atoms with Gasteiger partial charge >= 0.3 is 5.97 Å². The molecule has 0 atom stereocenters. The molecule has 2 N–H and O–H groups in total. The zero-order valence-corrected chi connectivity index (χ0v) is 9.99. The van der Waals surface area contributed by atoms with Crippen LogP contribution in [0.2, 0.25) is 0 Å². The molecule has 90 valence electrons. The number of terminal acetylenes is 1. The molecular weight excluding hydrogens is 214 g/mol. The third kappa shape index (κ3) is 4.20. The Hall–Kier alpha value is -1.95. The molecule has 0 amide bonds. The number of carboxylic acid groups (broad SMARTS) is 1. The van der Waals surface area contributed by atoms with Gasteiger partial charge < -0.3 is 10.4 Å². The topological polar surface area (TPSA) is 49.3 Å². The smallest absolute Gasteiger partial charge is 0.335 e. The Bertz CT molecular complexity index is 432. The van der Waals surface area contributed by atoms with Crippen molar-refractivity contribution in [3.8, 4) is 12.3 Å². The minimum Gasteiger partial charge on any atom is -0.478 e. The molecule has 3 nitrogen and oxygen atoms in total. The second-order valence-electron chi connectivity index (χ2n) is 3.92. The molecule has 0 aromatic heterocycles. The number of hydrogen-bond donors (Lipinski definition) is 2. The van der Waals surface area contributed by atoms with Crippen LogP contribution in [0, 0.1) is 19.3 Å². The van der Waals surface area contributed by atoms with Gasteiger partial charge in [0.05, 0.1) is 5.56 Å². The van der Waals surface area contributed by atoms with Gasteiger partial charge in [-0.15, -0.1) is 12.3 Å². The van der Waals surface area contributed by atoms with Gasteiger partial charge in [-0.25, -0.2) is 4.79 Å². The first-order chi connectivity index (χ1) is 8.15. The van der Waals surface area contributed by atoms with Crippen molar-refractivity contribution >= 4 is 11.7 Å². The van der Waals surface area contributed by atoms with Gasteiger partial charge in [-0.3, -0.25) is 0 Å². The number of carbonyl (C=O) groups is 1. The molecule has 0 radical (unpaired) electrons. The predicted octanol–water partition coefficient (Wildman–Crippen LogP) is 2.91. The van der Waals surface area contributed by atoms with Gasteiger partial charge in [-0.05, 0) is 43.5 Å². The van der Waals surface area contributed by atoms with Gasteiger partial charge in [0.1, 0.15) is 0 Å². The van der Waals surface area contributed by atoms with Crippen LogP contribution in [0.15, 0.2) is 18.2 Å². The van der Waals surface area contributed by atoms with Crippen molar-refractivity contribution in [1.29, 1.82) is 0 Å². The normalized spacial score (nSPS) is 9.65. The van der Waals surface area contributed by atoms with E-state index in [1.54, 1.807) is 18.2 Å². The van der Waals surface area contributed by atoms with Crippen molar-refractivity contribution in [2.75, 3.05) is 11.9 Å². The van der Waals surface area contributed by atoms with Crippen LogP contribution in [-0.2, 0) is 0 Å². The van der Waals surface area contributed by atoms with Crippen LogP contribution in [0.4, 0.5) is 5.69 Å². The number of aryl methyl sites for hydroxylation is 1. The van der Waals surface area contributed by atoms with E-state index in [0.29, 0.717) is 5.56 Å². The molecule has 0 aliphatic rings. The Labute approximate surface area is 102 Å². The Kier molecular flexibility index (Phi) is 5.09. The van der Waals surface area contributed by atoms with E-state index in [0.717, 1.165) is 37.1 Å². The largest absolute Gasteiger partial charge is 0.478 e. The lowest BCUT2D eigenvalue weighted by Gasteiger charge is -2.09. The molecule has 0 fully saturated rings. The van der Waals surface area contributed by atoms with Crippen LogP contribution in [-0.4, -0.2) is 17.6 Å². The van der Waals surface area contributed by atoms with Crippen LogP contribution in [0.25, 0.3) is 0 Å². The fraction of sp³-hybridized carbons (Fsp3) is 0.357. The highest BCUT2D eigenvalue weighted by Gasteiger charge is 2.04. The molecule has 0 spiro atoms. The van der Waals surface area contributed by atoms with Gasteiger partial charge in [0, 0.05) is 18.7 Å². The Morgan fingerprint density at radius 3 is 2.82 bits per heavy atom. The quantitative estimate of drug-likeness (QED) is 0.584. The molecule has 0 bridgehead atoms. The van der Waals surface area contributed by atoms with E-state index >= 15 is 0 Å². The summed E-state index contributed by atoms with van der Waals surface area (Å²) >= 11 is 0. The van der Waals surface area contributed by atoms with Gasteiger partial charge in [-0.2, -0.15) is 0 Å². The van der Waals surface area contributed by atoms with Gasteiger partial charge in [0.25, 0.3) is 0 Å². The van der Waals surface area contributed by atoms with Crippen molar-refractivity contribution in [3.05, 3.63) is 29.3 Å². The summed E-state index contributed by atoms with van der Waals surface area (Å²) < 4.78 is 0. The van der Waals surface area contributed by atoms with E-state index in [-0.39, 0.29) is 0 Å². The highest BCUT2D eigenvalue weighted by atomic mass is 16.4. The minimum absolute atomic E-state index is 0.320. The molecule has 1 rings (SSSR count). The number of carboxylic acids is 1. The number of rotatable bonds is 6. The highest BCUT2D eigenvalue weighted by molar-refractivity contribution is 5.88. The molecule has 0 saturated carbocycles. The highest BCUT2D eigenvalue weighted by Crippen LogP contribution is 2.16. The first kappa shape index (κ1) is 13.1. The molecule has 17 heavy (non-hydrogen) atoms. The van der Waals surface area contributed by atoms with Gasteiger partial charge in [-0.1, -0.05) is 0 Å². The summed E-state index contributed by atoms with van der Waals surface area (Å²) in [6, 6.07) is 5.09. The summed E-state index contributed by atoms with van der Waals surface area (Å²) in [5, 5.41) is 12.1. The predicted molar refractivity (Wildman–Crippen MR) is 69.3 cm³/mol. The second kappa shape index (κ2) is 6.59. The van der Waals surface area contributed by atoms with Crippen molar-refractivity contribution in [3.63, 3.8) is 0 Å². The van der Waals surface area contributed by atoms with Crippen LogP contribution in [0.3, 0.4) is 0 Å². The van der Waals surface area contributed by atoms with Crippen molar-refractivity contribution < 1.29 is 9.90 Å². The van der Waals surface area contributed by atoms with Crippen LogP contribution >= 0.6 is 0 Å². The molecule has 0 heterocycles.